The van der Waals surface area contributed by atoms with Crippen LogP contribution in [0.25, 0.3) is 0 Å². The van der Waals surface area contributed by atoms with Gasteiger partial charge in [-0.1, -0.05) is 19.4 Å². The zero-order valence-corrected chi connectivity index (χ0v) is 14.6. The van der Waals surface area contributed by atoms with Crippen LogP contribution in [0.15, 0.2) is 39.8 Å². The van der Waals surface area contributed by atoms with E-state index >= 15 is 0 Å². The first-order chi connectivity index (χ1) is 11.0. The standard InChI is InChI=1S/C15H20N4O4S/c1-10-6-11(9-15(2,3)8-10)17-18-13-5-4-12(24(16,22)23)7-14(13)19(20)21/h4-7,18H,8-9H2,1-3H3,(H2,16,22,23)/b17-11-. The van der Waals surface area contributed by atoms with Gasteiger partial charge in [0, 0.05) is 6.07 Å². The number of hydrazone groups is 1. The molecule has 1 aromatic rings. The molecular formula is C15H20N4O4S. The summed E-state index contributed by atoms with van der Waals surface area (Å²) in [4.78, 5) is 10.2. The van der Waals surface area contributed by atoms with Gasteiger partial charge in [-0.25, -0.2) is 13.6 Å². The highest BCUT2D eigenvalue weighted by atomic mass is 32.2. The second-order valence-corrected chi connectivity index (χ2v) is 8.27. The quantitative estimate of drug-likeness (QED) is 0.636. The van der Waals surface area contributed by atoms with Gasteiger partial charge in [0.15, 0.2) is 0 Å². The van der Waals surface area contributed by atoms with Crippen molar-refractivity contribution in [1.82, 2.24) is 0 Å². The van der Waals surface area contributed by atoms with Crippen molar-refractivity contribution in [3.63, 3.8) is 0 Å². The van der Waals surface area contributed by atoms with Crippen LogP contribution in [0.2, 0.25) is 0 Å². The summed E-state index contributed by atoms with van der Waals surface area (Å²) >= 11 is 0. The zero-order valence-electron chi connectivity index (χ0n) is 13.7. The second-order valence-electron chi connectivity index (χ2n) is 6.70. The molecule has 1 aliphatic carbocycles. The molecule has 0 fully saturated rings. The molecule has 8 nitrogen and oxygen atoms in total. The summed E-state index contributed by atoms with van der Waals surface area (Å²) in [6.07, 6.45) is 3.65. The molecule has 0 saturated carbocycles. The van der Waals surface area contributed by atoms with E-state index in [2.05, 4.69) is 24.4 Å². The lowest BCUT2D eigenvalue weighted by molar-refractivity contribution is -0.384. The van der Waals surface area contributed by atoms with Gasteiger partial charge in [-0.15, -0.1) is 0 Å². The van der Waals surface area contributed by atoms with Gasteiger partial charge in [-0.3, -0.25) is 15.5 Å². The molecule has 0 spiro atoms. The van der Waals surface area contributed by atoms with E-state index in [0.29, 0.717) is 0 Å². The highest BCUT2D eigenvalue weighted by Crippen LogP contribution is 2.34. The van der Waals surface area contributed by atoms with E-state index in [0.717, 1.165) is 24.6 Å². The number of benzene rings is 1. The fraction of sp³-hybridized carbons (Fsp3) is 0.400. The molecular weight excluding hydrogens is 332 g/mol. The minimum Gasteiger partial charge on any atom is -0.271 e. The van der Waals surface area contributed by atoms with Gasteiger partial charge in [0.1, 0.15) is 5.69 Å². The van der Waals surface area contributed by atoms with Crippen molar-refractivity contribution in [3.05, 3.63) is 40.0 Å². The third-order valence-electron chi connectivity index (χ3n) is 3.64. The number of hydrogen-bond acceptors (Lipinski definition) is 6. The van der Waals surface area contributed by atoms with Crippen molar-refractivity contribution in [2.45, 2.75) is 38.5 Å². The number of hydrogen-bond donors (Lipinski definition) is 2. The number of nitrogens with two attached hydrogens (primary N) is 1. The molecule has 1 aromatic carbocycles. The number of nitrogens with zero attached hydrogens (tertiary/aromatic N) is 2. The van der Waals surface area contributed by atoms with Gasteiger partial charge in [-0.05, 0) is 43.4 Å². The average Bonchev–Trinajstić information content (AvgIpc) is 2.41. The maximum absolute atomic E-state index is 11.3. The van der Waals surface area contributed by atoms with Crippen LogP contribution in [0.5, 0.6) is 0 Å². The SMILES string of the molecule is CC1=C/C(=N/Nc2ccc(S(N)(=O)=O)cc2[N+](=O)[O-])CC(C)(C)C1. The molecule has 1 aliphatic rings. The van der Waals surface area contributed by atoms with Crippen LogP contribution >= 0.6 is 0 Å². The molecule has 9 heteroatoms. The third kappa shape index (κ3) is 4.39. The molecule has 0 aromatic heterocycles. The Bertz CT molecular complexity index is 841. The Morgan fingerprint density at radius 1 is 1.33 bits per heavy atom. The van der Waals surface area contributed by atoms with Gasteiger partial charge >= 0.3 is 0 Å². The molecule has 0 bridgehead atoms. The number of primary sulfonamides is 1. The Morgan fingerprint density at radius 3 is 2.54 bits per heavy atom. The minimum absolute atomic E-state index is 0.0722. The molecule has 0 atom stereocenters. The summed E-state index contributed by atoms with van der Waals surface area (Å²) in [7, 11) is -4.01. The highest BCUT2D eigenvalue weighted by molar-refractivity contribution is 7.89. The van der Waals surface area contributed by atoms with Crippen LogP contribution in [-0.2, 0) is 10.0 Å². The van der Waals surface area contributed by atoms with Crippen LogP contribution in [-0.4, -0.2) is 19.1 Å². The first-order valence-corrected chi connectivity index (χ1v) is 8.84. The van der Waals surface area contributed by atoms with E-state index in [9.17, 15) is 18.5 Å². The number of nitro groups is 1. The van der Waals surface area contributed by atoms with Gasteiger partial charge in [0.25, 0.3) is 5.69 Å². The van der Waals surface area contributed by atoms with Gasteiger partial charge in [0.2, 0.25) is 10.0 Å². The predicted octanol–water partition coefficient (Wildman–Crippen LogP) is 2.78. The third-order valence-corrected chi connectivity index (χ3v) is 4.56. The zero-order chi connectivity index (χ0) is 18.1. The Hall–Kier alpha value is -2.26. The van der Waals surface area contributed by atoms with Crippen molar-refractivity contribution in [2.24, 2.45) is 15.7 Å². The summed E-state index contributed by atoms with van der Waals surface area (Å²) in [5, 5.41) is 20.4. The summed E-state index contributed by atoms with van der Waals surface area (Å²) in [6, 6.07) is 3.41. The van der Waals surface area contributed by atoms with Crippen molar-refractivity contribution < 1.29 is 13.3 Å². The first kappa shape index (κ1) is 18.1. The lowest BCUT2D eigenvalue weighted by Crippen LogP contribution is -2.22. The predicted molar refractivity (Wildman–Crippen MR) is 92.3 cm³/mol. The van der Waals surface area contributed by atoms with E-state index in [1.807, 2.05) is 13.0 Å². The molecule has 0 saturated heterocycles. The molecule has 0 unspecified atom stereocenters. The Kier molecular flexibility index (Phi) is 4.77. The van der Waals surface area contributed by atoms with Crippen molar-refractivity contribution >= 4 is 27.1 Å². The van der Waals surface area contributed by atoms with Crippen LogP contribution < -0.4 is 10.6 Å². The topological polar surface area (TPSA) is 128 Å². The van der Waals surface area contributed by atoms with Crippen molar-refractivity contribution in [1.29, 1.82) is 0 Å². The number of sulfonamides is 1. The number of anilines is 1. The lowest BCUT2D eigenvalue weighted by atomic mass is 9.77. The summed E-state index contributed by atoms with van der Waals surface area (Å²) in [5.74, 6) is 0. The number of nitrogens with one attached hydrogen (secondary N) is 1. The number of nitro benzene ring substituents is 1. The molecule has 130 valence electrons. The van der Waals surface area contributed by atoms with Crippen LogP contribution in [0.4, 0.5) is 11.4 Å². The summed E-state index contributed by atoms with van der Waals surface area (Å²) in [6.45, 7) is 6.27. The summed E-state index contributed by atoms with van der Waals surface area (Å²) < 4.78 is 22.7. The Balaban J connectivity index is 2.35. The van der Waals surface area contributed by atoms with Crippen LogP contribution in [0, 0.1) is 15.5 Å². The average molecular weight is 352 g/mol. The smallest absolute Gasteiger partial charge is 0.271 e. The van der Waals surface area contributed by atoms with Gasteiger partial charge < -0.3 is 0 Å². The number of rotatable bonds is 4. The maximum Gasteiger partial charge on any atom is 0.295 e. The number of allylic oxidation sites excluding steroid dienone is 2. The molecule has 0 aliphatic heterocycles. The van der Waals surface area contributed by atoms with Crippen molar-refractivity contribution in [2.75, 3.05) is 5.43 Å². The van der Waals surface area contributed by atoms with Gasteiger partial charge in [0.05, 0.1) is 15.5 Å². The molecule has 0 heterocycles. The highest BCUT2D eigenvalue weighted by Gasteiger charge is 2.25. The van der Waals surface area contributed by atoms with E-state index in [1.165, 1.54) is 17.7 Å². The summed E-state index contributed by atoms with van der Waals surface area (Å²) in [5.41, 5.74) is 4.42. The maximum atomic E-state index is 11.3. The Labute approximate surface area is 140 Å². The normalized spacial score (nSPS) is 19.0. The fourth-order valence-electron chi connectivity index (χ4n) is 2.83. The molecule has 2 rings (SSSR count). The fourth-order valence-corrected chi connectivity index (χ4v) is 3.37. The Morgan fingerprint density at radius 2 is 2.00 bits per heavy atom. The first-order valence-electron chi connectivity index (χ1n) is 7.29. The molecule has 3 N–H and O–H groups in total. The molecule has 0 amide bonds. The molecule has 0 radical (unpaired) electrons. The van der Waals surface area contributed by atoms with Crippen LogP contribution in [0.3, 0.4) is 0 Å². The van der Waals surface area contributed by atoms with Gasteiger partial charge in [-0.2, -0.15) is 5.10 Å². The largest absolute Gasteiger partial charge is 0.295 e. The molecule has 24 heavy (non-hydrogen) atoms. The van der Waals surface area contributed by atoms with E-state index in [4.69, 9.17) is 5.14 Å². The van der Waals surface area contributed by atoms with Crippen LogP contribution in [0.1, 0.15) is 33.6 Å². The van der Waals surface area contributed by atoms with Crippen molar-refractivity contribution in [3.8, 4) is 0 Å². The second kappa shape index (κ2) is 6.33. The van der Waals surface area contributed by atoms with E-state index in [1.54, 1.807) is 0 Å². The van der Waals surface area contributed by atoms with E-state index in [-0.39, 0.29) is 16.0 Å². The lowest BCUT2D eigenvalue weighted by Gasteiger charge is -2.29. The monoisotopic (exact) mass is 352 g/mol. The van der Waals surface area contributed by atoms with E-state index < -0.39 is 20.6 Å². The minimum atomic E-state index is -4.01.